The van der Waals surface area contributed by atoms with Crippen LogP contribution in [-0.2, 0) is 9.53 Å². The van der Waals surface area contributed by atoms with Crippen molar-refractivity contribution in [1.82, 2.24) is 0 Å². The zero-order valence-electron chi connectivity index (χ0n) is 5.75. The maximum Gasteiger partial charge on any atom is 1.00 e. The number of aliphatic carboxylic acids is 1. The first-order chi connectivity index (χ1) is 3.63. The summed E-state index contributed by atoms with van der Waals surface area (Å²) >= 11 is 0. The van der Waals surface area contributed by atoms with Gasteiger partial charge in [0.15, 0.2) is 0 Å². The quantitative estimate of drug-likeness (QED) is 0.298. The Kier molecular flexibility index (Phi) is 16.6. The normalized spacial score (nSPS) is 6.40. The molecule has 0 aliphatic heterocycles. The Bertz CT molecular complexity index is 99.5. The van der Waals surface area contributed by atoms with E-state index in [1.807, 2.05) is 0 Å². The van der Waals surface area contributed by atoms with E-state index >= 15 is 0 Å². The molecule has 0 atom stereocenters. The minimum Gasteiger partial charge on any atom is -0.548 e. The molecule has 0 radical (unpaired) electrons. The maximum atomic E-state index is 9.38. The van der Waals surface area contributed by atoms with Crippen LogP contribution in [0.5, 0.6) is 0 Å². The van der Waals surface area contributed by atoms with Gasteiger partial charge in [0.1, 0.15) is 0 Å². The molecule has 0 aromatic heterocycles. The Morgan fingerprint density at radius 2 is 1.60 bits per heavy atom. The molecule has 0 amide bonds. The second-order valence-corrected chi connectivity index (χ2v) is 0.911. The van der Waals surface area contributed by atoms with Gasteiger partial charge in [0.25, 0.3) is 6.16 Å². The van der Waals surface area contributed by atoms with E-state index in [4.69, 9.17) is 0 Å². The second-order valence-electron chi connectivity index (χ2n) is 0.911. The van der Waals surface area contributed by atoms with Crippen LogP contribution in [-0.4, -0.2) is 18.7 Å². The van der Waals surface area contributed by atoms with Crippen LogP contribution in [0.3, 0.4) is 0 Å². The number of carbonyl (C=O) groups excluding carboxylic acids is 2. The predicted molar refractivity (Wildman–Crippen MR) is 16.4 cm³/mol. The molecule has 0 bridgehead atoms. The molecule has 0 heterocycles. The van der Waals surface area contributed by atoms with Gasteiger partial charge in [-0.25, -0.2) is 0 Å². The Hall–Kier alpha value is 0.740. The number of hydrogen-bond donors (Lipinski definition) is 0. The molecule has 0 N–H and O–H groups in total. The van der Waals surface area contributed by atoms with E-state index in [0.29, 0.717) is 0 Å². The average Bonchev–Trinajstić information content (AvgIpc) is 1.61. The molecule has 0 aliphatic carbocycles. The molecule has 0 aliphatic rings. The summed E-state index contributed by atoms with van der Waals surface area (Å²) in [6.07, 6.45) is -1.87. The van der Waals surface area contributed by atoms with Gasteiger partial charge in [0.2, 0.25) is 0 Å². The van der Waals surface area contributed by atoms with Gasteiger partial charge in [-0.3, -0.25) is 0 Å². The Morgan fingerprint density at radius 3 is 1.70 bits per heavy atom. The Labute approximate surface area is 101 Å². The van der Waals surface area contributed by atoms with Crippen LogP contribution >= 0.6 is 0 Å². The summed E-state index contributed by atoms with van der Waals surface area (Å²) in [6, 6.07) is 0. The van der Waals surface area contributed by atoms with Gasteiger partial charge in [-0.05, 0) is 0 Å². The molecule has 0 saturated carbocycles. The van der Waals surface area contributed by atoms with E-state index in [0.717, 1.165) is 0 Å². The molecule has 7 heteroatoms. The summed E-state index contributed by atoms with van der Waals surface area (Å²) in [7, 11) is 0. The molecule has 0 unspecified atom stereocenters. The van der Waals surface area contributed by atoms with Gasteiger partial charge in [-0.1, -0.05) is 0 Å². The van der Waals surface area contributed by atoms with Crippen molar-refractivity contribution in [3.63, 3.8) is 0 Å². The molecule has 10 heavy (non-hydrogen) atoms. The van der Waals surface area contributed by atoms with Crippen LogP contribution in [0.15, 0.2) is 0 Å². The summed E-state index contributed by atoms with van der Waals surface area (Å²) in [4.78, 5) is 18.7. The van der Waals surface area contributed by atoms with Gasteiger partial charge in [-0.15, -0.1) is 0 Å². The third kappa shape index (κ3) is 15.9. The average molecular weight is 164 g/mol. The van der Waals surface area contributed by atoms with E-state index in [1.165, 1.54) is 0 Å². The van der Waals surface area contributed by atoms with Gasteiger partial charge in [0.05, 0.1) is 12.6 Å². The van der Waals surface area contributed by atoms with Gasteiger partial charge in [0, 0.05) is 0 Å². The van der Waals surface area contributed by atoms with Crippen LogP contribution in [0.25, 0.3) is 0 Å². The zero-order valence-corrected chi connectivity index (χ0v) is 9.75. The fourth-order valence-electron chi connectivity index (χ4n) is 0.118. The number of hydrogen-bond acceptors (Lipinski definition) is 5. The molecule has 0 rings (SSSR count). The van der Waals surface area contributed by atoms with Crippen molar-refractivity contribution in [2.45, 2.75) is 0 Å². The monoisotopic (exact) mass is 164 g/mol. The second kappa shape index (κ2) is 9.74. The van der Waals surface area contributed by atoms with E-state index in [-0.39, 0.29) is 59.1 Å². The molecule has 0 aromatic carbocycles. The molecule has 0 spiro atoms. The van der Waals surface area contributed by atoms with Gasteiger partial charge < -0.3 is 24.5 Å². The van der Waals surface area contributed by atoms with Crippen molar-refractivity contribution in [2.24, 2.45) is 0 Å². The van der Waals surface area contributed by atoms with Gasteiger partial charge in [-0.2, -0.15) is 0 Å². The molecular formula is C3H2Na2O5. The molecule has 46 valence electrons. The van der Waals surface area contributed by atoms with Crippen molar-refractivity contribution in [3.8, 4) is 0 Å². The summed E-state index contributed by atoms with van der Waals surface area (Å²) in [5, 5.41) is 18.7. The molecule has 5 nitrogen and oxygen atoms in total. The molecule has 0 aromatic rings. The smallest absolute Gasteiger partial charge is 0.548 e. The van der Waals surface area contributed by atoms with Crippen LogP contribution in [0.1, 0.15) is 0 Å². The van der Waals surface area contributed by atoms with E-state index in [9.17, 15) is 19.8 Å². The SMILES string of the molecule is O=C([O-])COC(=O)[O-].[Na+].[Na+]. The number of carboxylic acid groups (broad SMARTS) is 2. The third-order valence-electron chi connectivity index (χ3n) is 0.308. The minimum atomic E-state index is -1.87. The van der Waals surface area contributed by atoms with E-state index < -0.39 is 18.7 Å². The van der Waals surface area contributed by atoms with Gasteiger partial charge >= 0.3 is 59.1 Å². The summed E-state index contributed by atoms with van der Waals surface area (Å²) in [5.41, 5.74) is 0. The predicted octanol–water partition coefficient (Wildman–Crippen LogP) is -8.90. The van der Waals surface area contributed by atoms with E-state index in [1.54, 1.807) is 0 Å². The topological polar surface area (TPSA) is 89.5 Å². The van der Waals surface area contributed by atoms with Crippen molar-refractivity contribution in [2.75, 3.05) is 6.61 Å². The first-order valence-corrected chi connectivity index (χ1v) is 1.66. The van der Waals surface area contributed by atoms with Crippen LogP contribution < -0.4 is 69.3 Å². The van der Waals surface area contributed by atoms with Crippen molar-refractivity contribution in [1.29, 1.82) is 0 Å². The van der Waals surface area contributed by atoms with E-state index in [2.05, 4.69) is 4.74 Å². The number of carbonyl (C=O) groups is 2. The summed E-state index contributed by atoms with van der Waals surface area (Å²) in [5.74, 6) is -1.59. The molecule has 0 saturated heterocycles. The maximum absolute atomic E-state index is 9.38. The fourth-order valence-corrected chi connectivity index (χ4v) is 0.118. The fraction of sp³-hybridized carbons (Fsp3) is 0.333. The van der Waals surface area contributed by atoms with Crippen molar-refractivity contribution >= 4 is 12.1 Å². The zero-order chi connectivity index (χ0) is 6.57. The number of rotatable bonds is 2. The number of ether oxygens (including phenoxy) is 1. The van der Waals surface area contributed by atoms with Crippen molar-refractivity contribution in [3.05, 3.63) is 0 Å². The minimum absolute atomic E-state index is 0. The molecule has 0 fully saturated rings. The van der Waals surface area contributed by atoms with Crippen LogP contribution in [0.4, 0.5) is 4.79 Å². The van der Waals surface area contributed by atoms with Crippen LogP contribution in [0.2, 0.25) is 0 Å². The largest absolute Gasteiger partial charge is 1.00 e. The van der Waals surface area contributed by atoms with Crippen LogP contribution in [0, 0.1) is 0 Å². The first-order valence-electron chi connectivity index (χ1n) is 1.66. The molecular weight excluding hydrogens is 162 g/mol. The Morgan fingerprint density at radius 1 is 1.20 bits per heavy atom. The Balaban J connectivity index is -0.000000245. The standard InChI is InChI=1S/C3H4O5.2Na/c4-2(5)1-8-3(6)7;;/h1H2,(H,4,5)(H,6,7);;/q;2*+1/p-2. The first kappa shape index (κ1) is 17.0. The third-order valence-corrected chi connectivity index (χ3v) is 0.308. The van der Waals surface area contributed by atoms with Crippen molar-refractivity contribution < 1.29 is 83.7 Å². The number of carboxylic acids is 1. The summed E-state index contributed by atoms with van der Waals surface area (Å²) < 4.78 is 3.45. The summed E-state index contributed by atoms with van der Waals surface area (Å²) in [6.45, 7) is -0.970.